The number of aromatic nitrogens is 2. The first-order chi connectivity index (χ1) is 10.3. The van der Waals surface area contributed by atoms with Gasteiger partial charge in [-0.2, -0.15) is 4.98 Å². The third-order valence-corrected chi connectivity index (χ3v) is 4.26. The van der Waals surface area contributed by atoms with Crippen LogP contribution in [0.4, 0.5) is 0 Å². The van der Waals surface area contributed by atoms with E-state index in [9.17, 15) is 0 Å². The average molecular weight is 287 g/mol. The second-order valence-corrected chi connectivity index (χ2v) is 5.61. The number of benzene rings is 1. The molecule has 21 heavy (non-hydrogen) atoms. The van der Waals surface area contributed by atoms with Crippen molar-refractivity contribution in [3.8, 4) is 5.75 Å². The molecule has 3 rings (SSSR count). The maximum Gasteiger partial charge on any atom is 0.230 e. The summed E-state index contributed by atoms with van der Waals surface area (Å²) >= 11 is 0. The third-order valence-electron chi connectivity index (χ3n) is 4.26. The minimum Gasteiger partial charge on any atom is -0.497 e. The third kappa shape index (κ3) is 3.08. The highest BCUT2D eigenvalue weighted by molar-refractivity contribution is 5.30. The van der Waals surface area contributed by atoms with E-state index in [0.29, 0.717) is 24.8 Å². The van der Waals surface area contributed by atoms with Crippen LogP contribution in [0.2, 0.25) is 0 Å². The molecule has 1 heterocycles. The van der Waals surface area contributed by atoms with Crippen LogP contribution in [-0.4, -0.2) is 23.8 Å². The zero-order valence-corrected chi connectivity index (χ0v) is 12.3. The fourth-order valence-corrected chi connectivity index (χ4v) is 3.10. The zero-order valence-electron chi connectivity index (χ0n) is 12.3. The summed E-state index contributed by atoms with van der Waals surface area (Å²) < 4.78 is 10.7. The molecule has 1 aromatic heterocycles. The normalized spacial score (nSPS) is 21.6. The fourth-order valence-electron chi connectivity index (χ4n) is 3.10. The number of methoxy groups -OCH3 is 1. The second kappa shape index (κ2) is 6.26. The number of hydrogen-bond acceptors (Lipinski definition) is 5. The predicted molar refractivity (Wildman–Crippen MR) is 79.2 cm³/mol. The number of nitrogens with two attached hydrogens (primary N) is 1. The molecule has 1 saturated carbocycles. The molecule has 0 amide bonds. The van der Waals surface area contributed by atoms with Crippen LogP contribution in [-0.2, 0) is 6.42 Å². The molecule has 1 aliphatic rings. The molecule has 0 aliphatic heterocycles. The quantitative estimate of drug-likeness (QED) is 0.914. The number of nitrogens with zero attached hydrogens (tertiary/aromatic N) is 2. The lowest BCUT2D eigenvalue weighted by Crippen LogP contribution is -2.17. The molecule has 1 fully saturated rings. The molecule has 1 aromatic carbocycles. The molecule has 0 bridgehead atoms. The lowest BCUT2D eigenvalue weighted by molar-refractivity contribution is 0.323. The van der Waals surface area contributed by atoms with Gasteiger partial charge in [-0.1, -0.05) is 23.7 Å². The molecule has 2 N–H and O–H groups in total. The van der Waals surface area contributed by atoms with Crippen molar-refractivity contribution in [3.05, 3.63) is 41.5 Å². The van der Waals surface area contributed by atoms with Gasteiger partial charge in [0.1, 0.15) is 5.75 Å². The van der Waals surface area contributed by atoms with Gasteiger partial charge in [0.15, 0.2) is 5.82 Å². The lowest BCUT2D eigenvalue weighted by atomic mass is 9.96. The topological polar surface area (TPSA) is 74.2 Å². The van der Waals surface area contributed by atoms with Gasteiger partial charge in [-0.15, -0.1) is 0 Å². The Morgan fingerprint density at radius 2 is 2.29 bits per heavy atom. The highest BCUT2D eigenvalue weighted by Gasteiger charge is 2.31. The number of ether oxygens (including phenoxy) is 1. The van der Waals surface area contributed by atoms with Crippen LogP contribution in [0.25, 0.3) is 0 Å². The molecular formula is C16H21N3O2. The van der Waals surface area contributed by atoms with Gasteiger partial charge in [-0.25, -0.2) is 0 Å². The Morgan fingerprint density at radius 3 is 3.10 bits per heavy atom. The smallest absolute Gasteiger partial charge is 0.230 e. The van der Waals surface area contributed by atoms with E-state index in [1.807, 2.05) is 24.3 Å². The first-order valence-electron chi connectivity index (χ1n) is 7.45. The van der Waals surface area contributed by atoms with Gasteiger partial charge >= 0.3 is 0 Å². The summed E-state index contributed by atoms with van der Waals surface area (Å²) in [7, 11) is 1.67. The van der Waals surface area contributed by atoms with Crippen molar-refractivity contribution < 1.29 is 9.26 Å². The van der Waals surface area contributed by atoms with Gasteiger partial charge in [0.2, 0.25) is 5.89 Å². The Morgan fingerprint density at radius 1 is 1.38 bits per heavy atom. The highest BCUT2D eigenvalue weighted by Crippen LogP contribution is 2.38. The van der Waals surface area contributed by atoms with E-state index in [1.54, 1.807) is 7.11 Å². The summed E-state index contributed by atoms with van der Waals surface area (Å²) in [4.78, 5) is 4.57. The van der Waals surface area contributed by atoms with E-state index >= 15 is 0 Å². The van der Waals surface area contributed by atoms with E-state index in [-0.39, 0.29) is 0 Å². The summed E-state index contributed by atoms with van der Waals surface area (Å²) in [6.07, 6.45) is 4.11. The molecule has 0 radical (unpaired) electrons. The van der Waals surface area contributed by atoms with Crippen LogP contribution in [0.3, 0.4) is 0 Å². The molecule has 2 atom stereocenters. The van der Waals surface area contributed by atoms with Crippen molar-refractivity contribution in [3.63, 3.8) is 0 Å². The van der Waals surface area contributed by atoms with Crippen LogP contribution in [0, 0.1) is 5.92 Å². The fraction of sp³-hybridized carbons (Fsp3) is 0.500. The summed E-state index contributed by atoms with van der Waals surface area (Å²) in [5, 5.41) is 4.11. The van der Waals surface area contributed by atoms with Crippen LogP contribution in [0.15, 0.2) is 28.8 Å². The van der Waals surface area contributed by atoms with E-state index < -0.39 is 0 Å². The van der Waals surface area contributed by atoms with Crippen molar-refractivity contribution in [1.29, 1.82) is 0 Å². The van der Waals surface area contributed by atoms with Crippen LogP contribution in [0.5, 0.6) is 5.75 Å². The van der Waals surface area contributed by atoms with E-state index in [4.69, 9.17) is 15.0 Å². The van der Waals surface area contributed by atoms with E-state index in [2.05, 4.69) is 10.1 Å². The molecule has 112 valence electrons. The van der Waals surface area contributed by atoms with Crippen LogP contribution < -0.4 is 10.5 Å². The van der Waals surface area contributed by atoms with Gasteiger partial charge in [-0.3, -0.25) is 0 Å². The van der Waals surface area contributed by atoms with Gasteiger partial charge in [0.25, 0.3) is 0 Å². The van der Waals surface area contributed by atoms with Crippen molar-refractivity contribution in [2.45, 2.75) is 31.6 Å². The maximum atomic E-state index is 5.82. The van der Waals surface area contributed by atoms with Crippen LogP contribution >= 0.6 is 0 Å². The van der Waals surface area contributed by atoms with Crippen LogP contribution in [0.1, 0.15) is 42.5 Å². The van der Waals surface area contributed by atoms with E-state index in [0.717, 1.165) is 35.9 Å². The lowest BCUT2D eigenvalue weighted by Gasteiger charge is -2.12. The van der Waals surface area contributed by atoms with Crippen molar-refractivity contribution in [2.75, 3.05) is 13.7 Å². The standard InChI is InChI=1S/C16H21N3O2/c1-20-13-6-2-4-11(8-13)9-15-18-16(21-19-15)14-7-3-5-12(14)10-17/h2,4,6,8,12,14H,3,5,7,9-10,17H2,1H3. The predicted octanol–water partition coefficient (Wildman–Crippen LogP) is 2.51. The summed E-state index contributed by atoms with van der Waals surface area (Å²) in [6, 6.07) is 7.93. The SMILES string of the molecule is COc1cccc(Cc2noc(C3CCCC3CN)n2)c1. The highest BCUT2D eigenvalue weighted by atomic mass is 16.5. The Labute approximate surface area is 124 Å². The number of hydrogen-bond donors (Lipinski definition) is 1. The molecular weight excluding hydrogens is 266 g/mol. The molecule has 5 heteroatoms. The minimum atomic E-state index is 0.335. The van der Waals surface area contributed by atoms with Gasteiger partial charge in [0, 0.05) is 12.3 Å². The van der Waals surface area contributed by atoms with Gasteiger partial charge < -0.3 is 15.0 Å². The minimum absolute atomic E-state index is 0.335. The Balaban J connectivity index is 1.72. The largest absolute Gasteiger partial charge is 0.497 e. The average Bonchev–Trinajstić information content (AvgIpc) is 3.15. The summed E-state index contributed by atoms with van der Waals surface area (Å²) in [6.45, 7) is 0.693. The maximum absolute atomic E-state index is 5.82. The Hall–Kier alpha value is -1.88. The van der Waals surface area contributed by atoms with Gasteiger partial charge in [-0.05, 0) is 43.0 Å². The first kappa shape index (κ1) is 14.1. The molecule has 0 saturated heterocycles. The van der Waals surface area contributed by atoms with Crippen molar-refractivity contribution in [1.82, 2.24) is 10.1 Å². The molecule has 2 aromatic rings. The molecule has 5 nitrogen and oxygen atoms in total. The number of rotatable bonds is 5. The summed E-state index contributed by atoms with van der Waals surface area (Å²) in [5.41, 5.74) is 6.93. The Bertz CT molecular complexity index is 597. The molecule has 2 unspecified atom stereocenters. The van der Waals surface area contributed by atoms with Crippen molar-refractivity contribution in [2.24, 2.45) is 11.7 Å². The van der Waals surface area contributed by atoms with Crippen molar-refractivity contribution >= 4 is 0 Å². The second-order valence-electron chi connectivity index (χ2n) is 5.61. The first-order valence-corrected chi connectivity index (χ1v) is 7.45. The Kier molecular flexibility index (Phi) is 4.20. The zero-order chi connectivity index (χ0) is 14.7. The molecule has 0 spiro atoms. The molecule has 1 aliphatic carbocycles. The summed E-state index contributed by atoms with van der Waals surface area (Å²) in [5.74, 6) is 3.13. The monoisotopic (exact) mass is 287 g/mol. The van der Waals surface area contributed by atoms with E-state index in [1.165, 1.54) is 6.42 Å². The van der Waals surface area contributed by atoms with Gasteiger partial charge in [0.05, 0.1) is 7.11 Å².